The predicted octanol–water partition coefficient (Wildman–Crippen LogP) is 2.79. The van der Waals surface area contributed by atoms with E-state index in [-0.39, 0.29) is 12.5 Å². The Morgan fingerprint density at radius 2 is 1.88 bits per heavy atom. The minimum absolute atomic E-state index is 0.154. The summed E-state index contributed by atoms with van der Waals surface area (Å²) in [5.74, 6) is -0.869. The summed E-state index contributed by atoms with van der Waals surface area (Å²) < 4.78 is 38.8. The molecule has 0 aliphatic rings. The highest BCUT2D eigenvalue weighted by Gasteiger charge is 2.33. The summed E-state index contributed by atoms with van der Waals surface area (Å²) in [6, 6.07) is 0. The van der Waals surface area contributed by atoms with Crippen LogP contribution in [0.1, 0.15) is 50.6 Å². The maximum Gasteiger partial charge on any atom is 0.408 e. The quantitative estimate of drug-likeness (QED) is 0.859. The molecule has 8 heteroatoms. The third kappa shape index (κ3) is 5.22. The Kier molecular flexibility index (Phi) is 6.08. The number of aryl methyl sites for hydroxylation is 1. The van der Waals surface area contributed by atoms with Gasteiger partial charge in [-0.05, 0) is 41.5 Å². The maximum absolute atomic E-state index is 12.7. The van der Waals surface area contributed by atoms with Crippen molar-refractivity contribution in [3.05, 3.63) is 17.0 Å². The minimum atomic E-state index is -4.37. The number of hydrogen-bond acceptors (Lipinski definition) is 3. The molecule has 0 aliphatic carbocycles. The van der Waals surface area contributed by atoms with Gasteiger partial charge in [0.05, 0.1) is 17.2 Å². The normalized spacial score (nSPS) is 13.9. The van der Waals surface area contributed by atoms with E-state index in [1.807, 2.05) is 0 Å². The summed E-state index contributed by atoms with van der Waals surface area (Å²) in [6.07, 6.45) is -4.37. The summed E-state index contributed by atoms with van der Waals surface area (Å²) in [5, 5.41) is 13.9. The number of rotatable bonds is 6. The van der Waals surface area contributed by atoms with Gasteiger partial charge in [-0.25, -0.2) is 0 Å². The highest BCUT2D eigenvalue weighted by molar-refractivity contribution is 5.84. The molecule has 1 N–H and O–H groups in total. The second-order valence-corrected chi connectivity index (χ2v) is 6.74. The number of amides is 1. The number of carbonyl (C=O) groups is 1. The first-order chi connectivity index (χ1) is 10.8. The Hall–Kier alpha value is -1.57. The lowest BCUT2D eigenvalue weighted by Crippen LogP contribution is -2.43. The summed E-state index contributed by atoms with van der Waals surface area (Å²) in [7, 11) is 0. The molecule has 1 atom stereocenters. The number of carbonyl (C=O) groups excluding carboxylic acids is 1. The molecule has 0 radical (unpaired) electrons. The lowest BCUT2D eigenvalue weighted by molar-refractivity contribution is -0.143. The molecule has 24 heavy (non-hydrogen) atoms. The van der Waals surface area contributed by atoms with Crippen LogP contribution >= 0.6 is 0 Å². The number of aromatic nitrogens is 2. The van der Waals surface area contributed by atoms with Crippen molar-refractivity contribution in [1.29, 1.82) is 0 Å². The van der Waals surface area contributed by atoms with E-state index in [9.17, 15) is 23.1 Å². The van der Waals surface area contributed by atoms with Crippen molar-refractivity contribution in [3.63, 3.8) is 0 Å². The second-order valence-electron chi connectivity index (χ2n) is 6.74. The molecule has 0 aliphatic heterocycles. The molecule has 5 nitrogen and oxygen atoms in total. The molecule has 1 amide bonds. The number of halogens is 3. The molecule has 0 saturated heterocycles. The number of aliphatic hydroxyl groups is 1. The largest absolute Gasteiger partial charge is 0.408 e. The summed E-state index contributed by atoms with van der Waals surface area (Å²) in [4.78, 5) is 14.2. The molecule has 0 fully saturated rings. The topological polar surface area (TPSA) is 58.4 Å². The molecule has 0 spiro atoms. The van der Waals surface area contributed by atoms with E-state index in [0.717, 1.165) is 4.68 Å². The van der Waals surface area contributed by atoms with E-state index in [1.165, 1.54) is 11.8 Å². The van der Waals surface area contributed by atoms with Gasteiger partial charge in [-0.1, -0.05) is 0 Å². The zero-order chi connectivity index (χ0) is 18.9. The third-order valence-corrected chi connectivity index (χ3v) is 3.84. The van der Waals surface area contributed by atoms with Gasteiger partial charge in [-0.3, -0.25) is 9.48 Å². The van der Waals surface area contributed by atoms with Crippen LogP contribution in [0.15, 0.2) is 0 Å². The molecular weight excluding hydrogens is 323 g/mol. The average molecular weight is 349 g/mol. The Morgan fingerprint density at radius 3 is 2.29 bits per heavy atom. The smallest absolute Gasteiger partial charge is 0.389 e. The van der Waals surface area contributed by atoms with Crippen LogP contribution in [-0.4, -0.2) is 50.6 Å². The average Bonchev–Trinajstić information content (AvgIpc) is 2.66. The monoisotopic (exact) mass is 349 g/mol. The van der Waals surface area contributed by atoms with Gasteiger partial charge in [0.2, 0.25) is 5.91 Å². The van der Waals surface area contributed by atoms with Crippen molar-refractivity contribution < 1.29 is 23.1 Å². The second kappa shape index (κ2) is 7.13. The first-order valence-electron chi connectivity index (χ1n) is 7.88. The van der Waals surface area contributed by atoms with Gasteiger partial charge in [-0.2, -0.15) is 18.3 Å². The Balaban J connectivity index is 3.10. The Morgan fingerprint density at radius 1 is 1.33 bits per heavy atom. The van der Waals surface area contributed by atoms with Crippen LogP contribution in [0.2, 0.25) is 0 Å². The van der Waals surface area contributed by atoms with Gasteiger partial charge in [0.25, 0.3) is 0 Å². The fraction of sp³-hybridized carbons (Fsp3) is 0.750. The van der Waals surface area contributed by atoms with Crippen LogP contribution < -0.4 is 0 Å². The van der Waals surface area contributed by atoms with Gasteiger partial charge >= 0.3 is 6.18 Å². The Bertz CT molecular complexity index is 589. The van der Waals surface area contributed by atoms with Gasteiger partial charge in [0.15, 0.2) is 0 Å². The van der Waals surface area contributed by atoms with Crippen molar-refractivity contribution in [1.82, 2.24) is 14.7 Å². The molecule has 1 heterocycles. The van der Waals surface area contributed by atoms with E-state index in [1.54, 1.807) is 34.6 Å². The first-order valence-corrected chi connectivity index (χ1v) is 7.88. The molecule has 0 bridgehead atoms. The van der Waals surface area contributed by atoms with Crippen molar-refractivity contribution in [2.24, 2.45) is 0 Å². The standard InChI is InChI=1S/C16H26F3N3O2/c1-7-21(8-15(5,6)24)14(23)10(2)13-11(3)20-22(12(13)4)9-16(17,18)19/h10,24H,7-9H2,1-6H3. The van der Waals surface area contributed by atoms with Gasteiger partial charge in [-0.15, -0.1) is 0 Å². The first kappa shape index (κ1) is 20.5. The Labute approximate surface area is 140 Å². The molecule has 0 aromatic carbocycles. The van der Waals surface area contributed by atoms with E-state index in [4.69, 9.17) is 0 Å². The summed E-state index contributed by atoms with van der Waals surface area (Å²) in [5.41, 5.74) is 0.219. The summed E-state index contributed by atoms with van der Waals surface area (Å²) >= 11 is 0. The lowest BCUT2D eigenvalue weighted by atomic mass is 9.97. The summed E-state index contributed by atoms with van der Waals surface area (Å²) in [6.45, 7) is 9.18. The van der Waals surface area contributed by atoms with Crippen LogP contribution in [0.4, 0.5) is 13.2 Å². The van der Waals surface area contributed by atoms with Crippen LogP contribution in [0.5, 0.6) is 0 Å². The number of alkyl halides is 3. The zero-order valence-electron chi connectivity index (χ0n) is 15.0. The van der Waals surface area contributed by atoms with Gasteiger partial charge < -0.3 is 10.0 Å². The van der Waals surface area contributed by atoms with E-state index >= 15 is 0 Å². The number of nitrogens with zero attached hydrogens (tertiary/aromatic N) is 3. The van der Waals surface area contributed by atoms with Crippen LogP contribution in [0, 0.1) is 13.8 Å². The van der Waals surface area contributed by atoms with Crippen molar-refractivity contribution in [2.45, 2.75) is 65.8 Å². The lowest BCUT2D eigenvalue weighted by Gasteiger charge is -2.30. The van der Waals surface area contributed by atoms with Crippen molar-refractivity contribution >= 4 is 5.91 Å². The van der Waals surface area contributed by atoms with E-state index in [0.29, 0.717) is 23.5 Å². The number of likely N-dealkylation sites (N-methyl/N-ethyl adjacent to an activating group) is 1. The highest BCUT2D eigenvalue weighted by atomic mass is 19.4. The fourth-order valence-corrected chi connectivity index (χ4v) is 2.87. The number of hydrogen-bond donors (Lipinski definition) is 1. The predicted molar refractivity (Wildman–Crippen MR) is 84.7 cm³/mol. The van der Waals surface area contributed by atoms with Gasteiger partial charge in [0, 0.05) is 24.3 Å². The van der Waals surface area contributed by atoms with Crippen molar-refractivity contribution in [2.75, 3.05) is 13.1 Å². The minimum Gasteiger partial charge on any atom is -0.389 e. The molecule has 138 valence electrons. The molecule has 1 aromatic heterocycles. The van der Waals surface area contributed by atoms with E-state index < -0.39 is 24.2 Å². The molecule has 1 rings (SSSR count). The molecular formula is C16H26F3N3O2. The van der Waals surface area contributed by atoms with Crippen LogP contribution in [0.25, 0.3) is 0 Å². The van der Waals surface area contributed by atoms with Gasteiger partial charge in [0.1, 0.15) is 6.54 Å². The van der Waals surface area contributed by atoms with Crippen LogP contribution in [0.3, 0.4) is 0 Å². The molecule has 1 aromatic rings. The highest BCUT2D eigenvalue weighted by Crippen LogP contribution is 2.28. The fourth-order valence-electron chi connectivity index (χ4n) is 2.87. The third-order valence-electron chi connectivity index (χ3n) is 3.84. The maximum atomic E-state index is 12.7. The van der Waals surface area contributed by atoms with E-state index in [2.05, 4.69) is 5.10 Å². The van der Waals surface area contributed by atoms with Crippen LogP contribution in [-0.2, 0) is 11.3 Å². The van der Waals surface area contributed by atoms with Crippen molar-refractivity contribution in [3.8, 4) is 0 Å². The molecule has 1 unspecified atom stereocenters. The SMILES string of the molecule is CCN(CC(C)(C)O)C(=O)C(C)c1c(C)nn(CC(F)(F)F)c1C. The molecule has 0 saturated carbocycles. The zero-order valence-corrected chi connectivity index (χ0v) is 15.0.